The number of azo groups is 1. The molecule has 2 aromatic heterocycles. The van der Waals surface area contributed by atoms with Crippen LogP contribution in [-0.2, 0) is 23.8 Å². The molecule has 1 aliphatic heterocycles. The summed E-state index contributed by atoms with van der Waals surface area (Å²) in [6.45, 7) is 4.35. The maximum Gasteiger partial charge on any atom is 0.303 e. The highest BCUT2D eigenvalue weighted by Crippen LogP contribution is 2.39. The summed E-state index contributed by atoms with van der Waals surface area (Å²) >= 11 is 0. The average Bonchev–Trinajstić information content (AvgIpc) is 3.31. The van der Waals surface area contributed by atoms with Gasteiger partial charge in [0.05, 0.1) is 12.0 Å². The molecule has 3 aromatic rings. The van der Waals surface area contributed by atoms with Gasteiger partial charge in [-0.15, -0.1) is 10.2 Å². The van der Waals surface area contributed by atoms with Crippen molar-refractivity contribution in [1.29, 1.82) is 0 Å². The Balaban J connectivity index is 1.86. The summed E-state index contributed by atoms with van der Waals surface area (Å²) in [5, 5.41) is 8.38. The van der Waals surface area contributed by atoms with E-state index < -0.39 is 42.0 Å². The first-order chi connectivity index (χ1) is 15.9. The van der Waals surface area contributed by atoms with Crippen LogP contribution in [0.25, 0.3) is 11.2 Å². The lowest BCUT2D eigenvalue weighted by Crippen LogP contribution is -2.38. The van der Waals surface area contributed by atoms with Crippen molar-refractivity contribution < 1.29 is 23.8 Å². The van der Waals surface area contributed by atoms with Gasteiger partial charge in [-0.25, -0.2) is 9.97 Å². The van der Waals surface area contributed by atoms with E-state index in [0.717, 1.165) is 0 Å². The zero-order valence-corrected chi connectivity index (χ0v) is 18.2. The summed E-state index contributed by atoms with van der Waals surface area (Å²) in [4.78, 5) is 47.0. The van der Waals surface area contributed by atoms with Gasteiger partial charge in [0.25, 0.3) is 11.5 Å². The van der Waals surface area contributed by atoms with Gasteiger partial charge >= 0.3 is 11.9 Å². The fraction of sp³-hybridized carbons (Fsp3) is 0.381. The van der Waals surface area contributed by atoms with E-state index >= 15 is 0 Å². The zero-order valence-electron chi connectivity index (χ0n) is 18.2. The Kier molecular flexibility index (Phi) is 6.27. The second-order valence-electron chi connectivity index (χ2n) is 7.34. The van der Waals surface area contributed by atoms with E-state index in [-0.39, 0.29) is 17.1 Å². The van der Waals surface area contributed by atoms with E-state index in [1.807, 2.05) is 13.0 Å². The highest BCUT2D eigenvalue weighted by Gasteiger charge is 2.50. The molecule has 12 heteroatoms. The number of rotatable bonds is 6. The predicted molar refractivity (Wildman–Crippen MR) is 114 cm³/mol. The van der Waals surface area contributed by atoms with Crippen LogP contribution in [0, 0.1) is 0 Å². The number of carbonyl (C=O) groups excluding carboxylic acids is 2. The largest absolute Gasteiger partial charge is 0.456 e. The molecule has 12 nitrogen and oxygen atoms in total. The van der Waals surface area contributed by atoms with Crippen molar-refractivity contribution in [3.63, 3.8) is 0 Å². The fourth-order valence-corrected chi connectivity index (χ4v) is 3.71. The molecule has 4 atom stereocenters. The summed E-state index contributed by atoms with van der Waals surface area (Å²) in [6.07, 6.45) is -1.82. The van der Waals surface area contributed by atoms with Crippen LogP contribution < -0.4 is 5.56 Å². The van der Waals surface area contributed by atoms with Crippen molar-refractivity contribution in [3.8, 4) is 0 Å². The smallest absolute Gasteiger partial charge is 0.303 e. The zero-order chi connectivity index (χ0) is 23.5. The van der Waals surface area contributed by atoms with E-state index in [1.54, 1.807) is 24.3 Å². The topological polar surface area (TPSA) is 150 Å². The molecule has 0 saturated carbocycles. The molecular formula is C21H22N6O6. The van der Waals surface area contributed by atoms with Crippen molar-refractivity contribution >= 4 is 34.7 Å². The van der Waals surface area contributed by atoms with Crippen LogP contribution in [0.15, 0.2) is 51.7 Å². The van der Waals surface area contributed by atoms with Crippen LogP contribution in [0.1, 0.15) is 33.4 Å². The minimum atomic E-state index is -1.03. The molecule has 1 aliphatic rings. The van der Waals surface area contributed by atoms with Gasteiger partial charge in [-0.2, -0.15) is 0 Å². The van der Waals surface area contributed by atoms with E-state index in [4.69, 9.17) is 14.2 Å². The standard InChI is InChI=1S/C21H22N6O6/c1-4-14-16(31-11(2)28)17(32-12(3)29)20(33-14)27-18-15(19(30)23-10-22-18)24-21(27)26-25-13-8-6-5-7-9-13/h5-10,14,16-17,20H,4H2,1-3H3,(H,22,23,30)/t14-,16?,17+,20-/m1/s1. The third-order valence-electron chi connectivity index (χ3n) is 5.02. The number of hydrogen-bond acceptors (Lipinski definition) is 10. The van der Waals surface area contributed by atoms with Gasteiger partial charge < -0.3 is 19.2 Å². The van der Waals surface area contributed by atoms with Crippen LogP contribution in [0.2, 0.25) is 0 Å². The molecule has 33 heavy (non-hydrogen) atoms. The lowest BCUT2D eigenvalue weighted by atomic mass is 10.1. The van der Waals surface area contributed by atoms with Gasteiger partial charge in [-0.3, -0.25) is 19.0 Å². The fourth-order valence-electron chi connectivity index (χ4n) is 3.71. The van der Waals surface area contributed by atoms with Gasteiger partial charge in [-0.1, -0.05) is 25.1 Å². The summed E-state index contributed by atoms with van der Waals surface area (Å²) in [7, 11) is 0. The summed E-state index contributed by atoms with van der Waals surface area (Å²) in [5.74, 6) is -1.13. The summed E-state index contributed by atoms with van der Waals surface area (Å²) in [5.41, 5.74) is 0.238. The Morgan fingerprint density at radius 1 is 1.12 bits per heavy atom. The average molecular weight is 454 g/mol. The van der Waals surface area contributed by atoms with Crippen molar-refractivity contribution in [2.24, 2.45) is 10.2 Å². The van der Waals surface area contributed by atoms with Crippen molar-refractivity contribution in [2.45, 2.75) is 51.7 Å². The van der Waals surface area contributed by atoms with Gasteiger partial charge in [0.2, 0.25) is 0 Å². The second-order valence-corrected chi connectivity index (χ2v) is 7.34. The molecule has 1 saturated heterocycles. The number of nitrogens with zero attached hydrogens (tertiary/aromatic N) is 5. The number of imidazole rings is 1. The van der Waals surface area contributed by atoms with Crippen molar-refractivity contribution in [2.75, 3.05) is 0 Å². The molecule has 0 amide bonds. The monoisotopic (exact) mass is 454 g/mol. The van der Waals surface area contributed by atoms with E-state index in [2.05, 4.69) is 25.2 Å². The Morgan fingerprint density at radius 3 is 2.48 bits per heavy atom. The summed E-state index contributed by atoms with van der Waals surface area (Å²) in [6, 6.07) is 8.94. The minimum absolute atomic E-state index is 0.00803. The molecule has 3 heterocycles. The van der Waals surface area contributed by atoms with Crippen LogP contribution >= 0.6 is 0 Å². The predicted octanol–water partition coefficient (Wildman–Crippen LogP) is 2.71. The van der Waals surface area contributed by atoms with Gasteiger partial charge in [0.1, 0.15) is 6.10 Å². The van der Waals surface area contributed by atoms with Crippen molar-refractivity contribution in [3.05, 3.63) is 47.0 Å². The number of aromatic nitrogens is 4. The van der Waals surface area contributed by atoms with Crippen LogP contribution in [0.4, 0.5) is 11.6 Å². The summed E-state index contributed by atoms with van der Waals surface area (Å²) < 4.78 is 18.5. The number of ether oxygens (including phenoxy) is 3. The van der Waals surface area contributed by atoms with Gasteiger partial charge in [0, 0.05) is 13.8 Å². The normalized spacial score (nSPS) is 22.6. The second kappa shape index (κ2) is 9.28. The Hall–Kier alpha value is -3.93. The molecular weight excluding hydrogens is 432 g/mol. The Labute approximate surface area is 187 Å². The van der Waals surface area contributed by atoms with E-state index in [9.17, 15) is 14.4 Å². The van der Waals surface area contributed by atoms with Gasteiger partial charge in [0.15, 0.2) is 29.6 Å². The number of carbonyl (C=O) groups is 2. The minimum Gasteiger partial charge on any atom is -0.456 e. The van der Waals surface area contributed by atoms with Crippen molar-refractivity contribution in [1.82, 2.24) is 19.5 Å². The van der Waals surface area contributed by atoms with E-state index in [0.29, 0.717) is 12.1 Å². The lowest BCUT2D eigenvalue weighted by Gasteiger charge is -2.24. The van der Waals surface area contributed by atoms with Crippen LogP contribution in [0.3, 0.4) is 0 Å². The molecule has 172 valence electrons. The quantitative estimate of drug-likeness (QED) is 0.441. The number of benzene rings is 1. The first kappa shape index (κ1) is 22.3. The molecule has 1 fully saturated rings. The maximum absolute atomic E-state index is 12.4. The third kappa shape index (κ3) is 4.51. The Bertz CT molecular complexity index is 1250. The molecule has 0 bridgehead atoms. The number of aromatic amines is 1. The number of nitrogens with one attached hydrogen (secondary N) is 1. The Morgan fingerprint density at radius 2 is 1.82 bits per heavy atom. The van der Waals surface area contributed by atoms with Crippen LogP contribution in [-0.4, -0.2) is 49.8 Å². The van der Waals surface area contributed by atoms with E-state index in [1.165, 1.54) is 24.7 Å². The maximum atomic E-state index is 12.4. The first-order valence-electron chi connectivity index (χ1n) is 10.3. The molecule has 0 spiro atoms. The third-order valence-corrected chi connectivity index (χ3v) is 5.02. The molecule has 4 rings (SSSR count). The first-order valence-corrected chi connectivity index (χ1v) is 10.3. The highest BCUT2D eigenvalue weighted by atomic mass is 16.6. The molecule has 0 radical (unpaired) electrons. The molecule has 1 aromatic carbocycles. The molecule has 0 aliphatic carbocycles. The van der Waals surface area contributed by atoms with Crippen LogP contribution in [0.5, 0.6) is 0 Å². The number of fused-ring (bicyclic) bond motifs is 1. The number of H-pyrrole nitrogens is 1. The SMILES string of the molecule is CC[C@H]1O[C@@H](n2c(N=Nc3ccccc3)nc3c(=O)[nH]cnc32)[C@@H](OC(C)=O)C1OC(C)=O. The molecule has 1 unspecified atom stereocenters. The van der Waals surface area contributed by atoms with Gasteiger partial charge in [-0.05, 0) is 18.6 Å². The molecule has 1 N–H and O–H groups in total. The lowest BCUT2D eigenvalue weighted by molar-refractivity contribution is -0.165. The number of hydrogen-bond donors (Lipinski definition) is 1. The number of esters is 2. The highest BCUT2D eigenvalue weighted by molar-refractivity contribution is 5.73.